The summed E-state index contributed by atoms with van der Waals surface area (Å²) in [6, 6.07) is 6.76. The summed E-state index contributed by atoms with van der Waals surface area (Å²) in [6.07, 6.45) is -0.0432. The van der Waals surface area contributed by atoms with Crippen LogP contribution >= 0.6 is 0 Å². The summed E-state index contributed by atoms with van der Waals surface area (Å²) in [5.41, 5.74) is 1.07. The molecule has 0 N–H and O–H groups in total. The Morgan fingerprint density at radius 2 is 2.06 bits per heavy atom. The molecule has 2 aliphatic rings. The molecule has 17 heavy (non-hydrogen) atoms. The van der Waals surface area contributed by atoms with Crippen molar-refractivity contribution in [1.82, 2.24) is 4.90 Å². The number of rotatable bonds is 2. The van der Waals surface area contributed by atoms with Crippen molar-refractivity contribution in [2.24, 2.45) is 0 Å². The molecule has 1 aromatic carbocycles. The van der Waals surface area contributed by atoms with Gasteiger partial charge in [0.2, 0.25) is 0 Å². The summed E-state index contributed by atoms with van der Waals surface area (Å²) in [4.78, 5) is 12.3. The number of hydrogen-bond donors (Lipinski definition) is 0. The summed E-state index contributed by atoms with van der Waals surface area (Å²) in [7, 11) is 0. The van der Waals surface area contributed by atoms with Crippen LogP contribution in [0.1, 0.15) is 11.7 Å². The predicted molar refractivity (Wildman–Crippen MR) is 58.2 cm³/mol. The molecule has 6 heteroatoms. The van der Waals surface area contributed by atoms with Crippen LogP contribution in [0.3, 0.4) is 0 Å². The first-order valence-corrected chi connectivity index (χ1v) is 5.43. The third-order valence-corrected chi connectivity index (χ3v) is 3.22. The molecular formula is C11H12N2O4. The van der Waals surface area contributed by atoms with E-state index >= 15 is 0 Å². The summed E-state index contributed by atoms with van der Waals surface area (Å²) in [6.45, 7) is 1.82. The highest BCUT2D eigenvalue weighted by Gasteiger charge is 2.39. The first-order chi connectivity index (χ1) is 8.25. The number of hydrogen-bond acceptors (Lipinski definition) is 5. The fourth-order valence-electron chi connectivity index (χ4n) is 2.29. The molecule has 0 bridgehead atoms. The van der Waals surface area contributed by atoms with Crippen LogP contribution in [0.5, 0.6) is 0 Å². The van der Waals surface area contributed by atoms with Gasteiger partial charge in [-0.05, 0) is 17.7 Å². The Bertz CT molecular complexity index is 434. The maximum absolute atomic E-state index is 10.6. The maximum atomic E-state index is 10.6. The number of nitrogens with zero attached hydrogens (tertiary/aromatic N) is 2. The SMILES string of the molecule is O=[N+]([O-])c1ccc([C@H]2OCN3COC[C@H]23)cc1. The average molecular weight is 236 g/mol. The number of fused-ring (bicyclic) bond motifs is 1. The van der Waals surface area contributed by atoms with E-state index in [2.05, 4.69) is 4.90 Å². The summed E-state index contributed by atoms with van der Waals surface area (Å²) in [5.74, 6) is 0. The summed E-state index contributed by atoms with van der Waals surface area (Å²) >= 11 is 0. The van der Waals surface area contributed by atoms with Crippen LogP contribution < -0.4 is 0 Å². The standard InChI is InChI=1S/C11H12N2O4/c14-13(15)9-3-1-8(2-4-9)11-10-5-16-6-12(10)7-17-11/h1-4,10-11H,5-7H2/t10-,11-/m1/s1. The lowest BCUT2D eigenvalue weighted by molar-refractivity contribution is -0.384. The van der Waals surface area contributed by atoms with Gasteiger partial charge in [0.25, 0.3) is 5.69 Å². The van der Waals surface area contributed by atoms with E-state index in [9.17, 15) is 10.1 Å². The molecule has 3 rings (SSSR count). The van der Waals surface area contributed by atoms with E-state index in [1.807, 2.05) is 0 Å². The molecule has 2 heterocycles. The fourth-order valence-corrected chi connectivity index (χ4v) is 2.29. The highest BCUT2D eigenvalue weighted by molar-refractivity contribution is 5.34. The van der Waals surface area contributed by atoms with Crippen molar-refractivity contribution in [1.29, 1.82) is 0 Å². The summed E-state index contributed by atoms with van der Waals surface area (Å²) < 4.78 is 11.0. The van der Waals surface area contributed by atoms with E-state index in [0.29, 0.717) is 20.1 Å². The zero-order valence-electron chi connectivity index (χ0n) is 9.11. The molecule has 1 aromatic rings. The van der Waals surface area contributed by atoms with E-state index in [-0.39, 0.29) is 17.8 Å². The number of non-ortho nitro benzene ring substituents is 1. The molecule has 2 fully saturated rings. The predicted octanol–water partition coefficient (Wildman–Crippen LogP) is 1.28. The van der Waals surface area contributed by atoms with Gasteiger partial charge >= 0.3 is 0 Å². The minimum absolute atomic E-state index is 0.0432. The van der Waals surface area contributed by atoms with Gasteiger partial charge in [0, 0.05) is 12.1 Å². The smallest absolute Gasteiger partial charge is 0.269 e. The largest absolute Gasteiger partial charge is 0.364 e. The van der Waals surface area contributed by atoms with E-state index in [4.69, 9.17) is 9.47 Å². The molecule has 0 spiro atoms. The third kappa shape index (κ3) is 1.80. The van der Waals surface area contributed by atoms with Crippen molar-refractivity contribution < 1.29 is 14.4 Å². The highest BCUT2D eigenvalue weighted by Crippen LogP contribution is 2.34. The Morgan fingerprint density at radius 3 is 2.76 bits per heavy atom. The second kappa shape index (κ2) is 4.06. The van der Waals surface area contributed by atoms with Crippen LogP contribution in [0.4, 0.5) is 5.69 Å². The van der Waals surface area contributed by atoms with Gasteiger partial charge in [-0.1, -0.05) is 0 Å². The molecule has 0 amide bonds. The fraction of sp³-hybridized carbons (Fsp3) is 0.455. The van der Waals surface area contributed by atoms with Crippen LogP contribution in [0.15, 0.2) is 24.3 Å². The minimum Gasteiger partial charge on any atom is -0.364 e. The van der Waals surface area contributed by atoms with E-state index in [0.717, 1.165) is 5.56 Å². The molecule has 2 saturated heterocycles. The molecule has 90 valence electrons. The van der Waals surface area contributed by atoms with Crippen LogP contribution in [-0.4, -0.2) is 35.9 Å². The number of nitro benzene ring substituents is 1. The van der Waals surface area contributed by atoms with Gasteiger partial charge in [-0.3, -0.25) is 10.1 Å². The average Bonchev–Trinajstić information content (AvgIpc) is 2.90. The topological polar surface area (TPSA) is 64.8 Å². The van der Waals surface area contributed by atoms with Gasteiger partial charge in [0.05, 0.1) is 17.6 Å². The Labute approximate surface area is 97.9 Å². The molecule has 2 atom stereocenters. The molecule has 0 radical (unpaired) electrons. The Hall–Kier alpha value is -1.50. The van der Waals surface area contributed by atoms with Gasteiger partial charge in [0.15, 0.2) is 0 Å². The molecule has 0 unspecified atom stereocenters. The number of nitro groups is 1. The normalized spacial score (nSPS) is 28.2. The van der Waals surface area contributed by atoms with Crippen LogP contribution in [0.2, 0.25) is 0 Å². The molecule has 0 aliphatic carbocycles. The lowest BCUT2D eigenvalue weighted by Crippen LogP contribution is -2.27. The van der Waals surface area contributed by atoms with Crippen molar-refractivity contribution >= 4 is 5.69 Å². The number of benzene rings is 1. The van der Waals surface area contributed by atoms with E-state index in [1.165, 1.54) is 12.1 Å². The van der Waals surface area contributed by atoms with Crippen LogP contribution in [0.25, 0.3) is 0 Å². The van der Waals surface area contributed by atoms with Gasteiger partial charge in [-0.15, -0.1) is 0 Å². The third-order valence-electron chi connectivity index (χ3n) is 3.22. The second-order valence-electron chi connectivity index (χ2n) is 4.22. The van der Waals surface area contributed by atoms with Crippen molar-refractivity contribution in [2.75, 3.05) is 20.1 Å². The van der Waals surface area contributed by atoms with Crippen LogP contribution in [-0.2, 0) is 9.47 Å². The Morgan fingerprint density at radius 1 is 1.29 bits per heavy atom. The monoisotopic (exact) mass is 236 g/mol. The van der Waals surface area contributed by atoms with Crippen molar-refractivity contribution in [3.63, 3.8) is 0 Å². The van der Waals surface area contributed by atoms with Crippen LogP contribution in [0, 0.1) is 10.1 Å². The molecule has 2 aliphatic heterocycles. The van der Waals surface area contributed by atoms with Crippen molar-refractivity contribution in [3.05, 3.63) is 39.9 Å². The highest BCUT2D eigenvalue weighted by atomic mass is 16.6. The molecule has 0 aromatic heterocycles. The lowest BCUT2D eigenvalue weighted by Gasteiger charge is -2.15. The maximum Gasteiger partial charge on any atom is 0.269 e. The minimum atomic E-state index is -0.399. The van der Waals surface area contributed by atoms with Gasteiger partial charge < -0.3 is 9.47 Å². The molecule has 0 saturated carbocycles. The Balaban J connectivity index is 1.82. The molecular weight excluding hydrogens is 224 g/mol. The van der Waals surface area contributed by atoms with Gasteiger partial charge in [0.1, 0.15) is 19.6 Å². The quantitative estimate of drug-likeness (QED) is 0.571. The van der Waals surface area contributed by atoms with Gasteiger partial charge in [-0.25, -0.2) is 4.90 Å². The van der Waals surface area contributed by atoms with Crippen molar-refractivity contribution in [2.45, 2.75) is 12.1 Å². The zero-order chi connectivity index (χ0) is 11.8. The first-order valence-electron chi connectivity index (χ1n) is 5.43. The first kappa shape index (κ1) is 10.6. The number of ether oxygens (including phenoxy) is 2. The van der Waals surface area contributed by atoms with E-state index in [1.54, 1.807) is 12.1 Å². The zero-order valence-corrected chi connectivity index (χ0v) is 9.11. The van der Waals surface area contributed by atoms with Gasteiger partial charge in [-0.2, -0.15) is 0 Å². The lowest BCUT2D eigenvalue weighted by atomic mass is 10.0. The Kier molecular flexibility index (Phi) is 2.54. The van der Waals surface area contributed by atoms with Crippen molar-refractivity contribution in [3.8, 4) is 0 Å². The second-order valence-corrected chi connectivity index (χ2v) is 4.22. The van der Waals surface area contributed by atoms with E-state index < -0.39 is 4.92 Å². The summed E-state index contributed by atoms with van der Waals surface area (Å²) in [5, 5.41) is 10.6. The molecule has 6 nitrogen and oxygen atoms in total.